The second-order valence-electron chi connectivity index (χ2n) is 5.23. The Labute approximate surface area is 114 Å². The molecule has 1 amide bonds. The van der Waals surface area contributed by atoms with Crippen LogP contribution in [0.1, 0.15) is 35.7 Å². The molecule has 0 aliphatic carbocycles. The molecule has 1 atom stereocenters. The van der Waals surface area contributed by atoms with Gasteiger partial charge in [0.2, 0.25) is 0 Å². The van der Waals surface area contributed by atoms with E-state index >= 15 is 0 Å². The Morgan fingerprint density at radius 1 is 1.53 bits per heavy atom. The van der Waals surface area contributed by atoms with Gasteiger partial charge in [-0.1, -0.05) is 6.07 Å². The zero-order chi connectivity index (χ0) is 13.8. The van der Waals surface area contributed by atoms with Crippen LogP contribution in [0.2, 0.25) is 0 Å². The van der Waals surface area contributed by atoms with Gasteiger partial charge in [-0.15, -0.1) is 0 Å². The third kappa shape index (κ3) is 3.26. The standard InChI is InChI=1S/C15H22N2O2/c1-11(18)8-10-17(2)15(19)13-5-3-7-14-12(13)6-4-9-16-14/h3,5,7,11,16,18H,4,6,8-10H2,1-2H3. The number of fused-ring (bicyclic) bond motifs is 1. The van der Waals surface area contributed by atoms with E-state index in [4.69, 9.17) is 0 Å². The maximum atomic E-state index is 12.4. The van der Waals surface area contributed by atoms with Crippen molar-refractivity contribution in [3.63, 3.8) is 0 Å². The smallest absolute Gasteiger partial charge is 0.253 e. The molecule has 0 radical (unpaired) electrons. The minimum Gasteiger partial charge on any atom is -0.393 e. The predicted octanol–water partition coefficient (Wildman–Crippen LogP) is 1.89. The third-order valence-corrected chi connectivity index (χ3v) is 3.55. The SMILES string of the molecule is CC(O)CCN(C)C(=O)c1cccc2c1CCCN2. The number of aliphatic hydroxyl groups is 1. The van der Waals surface area contributed by atoms with Crippen LogP contribution in [0.25, 0.3) is 0 Å². The highest BCUT2D eigenvalue weighted by molar-refractivity contribution is 5.97. The van der Waals surface area contributed by atoms with Gasteiger partial charge in [-0.3, -0.25) is 4.79 Å². The predicted molar refractivity (Wildman–Crippen MR) is 76.5 cm³/mol. The summed E-state index contributed by atoms with van der Waals surface area (Å²) in [6.45, 7) is 3.29. The van der Waals surface area contributed by atoms with E-state index in [1.165, 1.54) is 0 Å². The van der Waals surface area contributed by atoms with E-state index < -0.39 is 0 Å². The van der Waals surface area contributed by atoms with Gasteiger partial charge in [0.15, 0.2) is 0 Å². The van der Waals surface area contributed by atoms with Crippen molar-refractivity contribution in [2.75, 3.05) is 25.5 Å². The maximum absolute atomic E-state index is 12.4. The van der Waals surface area contributed by atoms with Gasteiger partial charge in [0.25, 0.3) is 5.91 Å². The summed E-state index contributed by atoms with van der Waals surface area (Å²) in [4.78, 5) is 14.1. The van der Waals surface area contributed by atoms with Crippen LogP contribution in [0, 0.1) is 0 Å². The molecule has 2 N–H and O–H groups in total. The zero-order valence-corrected chi connectivity index (χ0v) is 11.6. The molecule has 0 saturated heterocycles. The normalized spacial score (nSPS) is 15.3. The van der Waals surface area contributed by atoms with Crippen LogP contribution >= 0.6 is 0 Å². The molecule has 2 rings (SSSR count). The molecule has 0 fully saturated rings. The van der Waals surface area contributed by atoms with E-state index in [2.05, 4.69) is 5.32 Å². The fourth-order valence-corrected chi connectivity index (χ4v) is 2.40. The average molecular weight is 262 g/mol. The molecule has 4 heteroatoms. The van der Waals surface area contributed by atoms with Crippen molar-refractivity contribution in [2.24, 2.45) is 0 Å². The van der Waals surface area contributed by atoms with Gasteiger partial charge >= 0.3 is 0 Å². The van der Waals surface area contributed by atoms with Gasteiger partial charge in [0.05, 0.1) is 6.10 Å². The van der Waals surface area contributed by atoms with Gasteiger partial charge in [-0.05, 0) is 43.9 Å². The minimum atomic E-state index is -0.374. The number of hydrogen-bond acceptors (Lipinski definition) is 3. The topological polar surface area (TPSA) is 52.6 Å². The van der Waals surface area contributed by atoms with Crippen LogP contribution in [0.15, 0.2) is 18.2 Å². The summed E-state index contributed by atoms with van der Waals surface area (Å²) in [5.74, 6) is 0.0428. The molecule has 0 saturated carbocycles. The number of nitrogens with one attached hydrogen (secondary N) is 1. The molecule has 1 heterocycles. The quantitative estimate of drug-likeness (QED) is 0.871. The highest BCUT2D eigenvalue weighted by Crippen LogP contribution is 2.26. The molecule has 1 aromatic carbocycles. The zero-order valence-electron chi connectivity index (χ0n) is 11.6. The molecule has 1 unspecified atom stereocenters. The van der Waals surface area contributed by atoms with Crippen molar-refractivity contribution < 1.29 is 9.90 Å². The lowest BCUT2D eigenvalue weighted by Crippen LogP contribution is -2.30. The van der Waals surface area contributed by atoms with Crippen molar-refractivity contribution in [1.29, 1.82) is 0 Å². The Kier molecular flexibility index (Phi) is 4.43. The second-order valence-corrected chi connectivity index (χ2v) is 5.23. The van der Waals surface area contributed by atoms with Crippen LogP contribution in [0.5, 0.6) is 0 Å². The van der Waals surface area contributed by atoms with Gasteiger partial charge < -0.3 is 15.3 Å². The van der Waals surface area contributed by atoms with E-state index in [0.29, 0.717) is 13.0 Å². The van der Waals surface area contributed by atoms with Crippen LogP contribution in [0.4, 0.5) is 5.69 Å². The van der Waals surface area contributed by atoms with Crippen molar-refractivity contribution in [2.45, 2.75) is 32.3 Å². The van der Waals surface area contributed by atoms with Gasteiger partial charge in [-0.25, -0.2) is 0 Å². The Morgan fingerprint density at radius 2 is 2.32 bits per heavy atom. The number of carbonyl (C=O) groups is 1. The van der Waals surface area contributed by atoms with Gasteiger partial charge in [0, 0.05) is 31.4 Å². The molecule has 1 aliphatic heterocycles. The van der Waals surface area contributed by atoms with Crippen LogP contribution in [0.3, 0.4) is 0 Å². The molecule has 0 aromatic heterocycles. The minimum absolute atomic E-state index is 0.0428. The van der Waals surface area contributed by atoms with Crippen LogP contribution < -0.4 is 5.32 Å². The van der Waals surface area contributed by atoms with Crippen molar-refractivity contribution in [3.8, 4) is 0 Å². The maximum Gasteiger partial charge on any atom is 0.253 e. The van der Waals surface area contributed by atoms with Crippen molar-refractivity contribution >= 4 is 11.6 Å². The van der Waals surface area contributed by atoms with Gasteiger partial charge in [-0.2, -0.15) is 0 Å². The molecule has 4 nitrogen and oxygen atoms in total. The second kappa shape index (κ2) is 6.06. The highest BCUT2D eigenvalue weighted by Gasteiger charge is 2.19. The molecule has 1 aromatic rings. The van der Waals surface area contributed by atoms with E-state index in [0.717, 1.165) is 36.2 Å². The van der Waals surface area contributed by atoms with E-state index in [9.17, 15) is 9.90 Å². The number of benzene rings is 1. The molecule has 0 spiro atoms. The van der Waals surface area contributed by atoms with E-state index in [1.54, 1.807) is 18.9 Å². The first-order chi connectivity index (χ1) is 9.09. The Morgan fingerprint density at radius 3 is 3.05 bits per heavy atom. The lowest BCUT2D eigenvalue weighted by molar-refractivity contribution is 0.0768. The monoisotopic (exact) mass is 262 g/mol. The van der Waals surface area contributed by atoms with Crippen LogP contribution in [-0.4, -0.2) is 42.2 Å². The number of nitrogens with zero attached hydrogens (tertiary/aromatic N) is 1. The highest BCUT2D eigenvalue weighted by atomic mass is 16.3. The average Bonchev–Trinajstić information content (AvgIpc) is 2.43. The number of hydrogen-bond donors (Lipinski definition) is 2. The fraction of sp³-hybridized carbons (Fsp3) is 0.533. The summed E-state index contributed by atoms with van der Waals surface area (Å²) in [5.41, 5.74) is 3.00. The lowest BCUT2D eigenvalue weighted by atomic mass is 9.97. The Bertz CT molecular complexity index is 457. The Balaban J connectivity index is 2.15. The van der Waals surface area contributed by atoms with Crippen molar-refractivity contribution in [3.05, 3.63) is 29.3 Å². The first-order valence-corrected chi connectivity index (χ1v) is 6.89. The third-order valence-electron chi connectivity index (χ3n) is 3.55. The van der Waals surface area contributed by atoms with Crippen LogP contribution in [-0.2, 0) is 6.42 Å². The summed E-state index contributed by atoms with van der Waals surface area (Å²) in [5, 5.41) is 12.6. The van der Waals surface area contributed by atoms with E-state index in [1.807, 2.05) is 18.2 Å². The van der Waals surface area contributed by atoms with E-state index in [-0.39, 0.29) is 12.0 Å². The molecular weight excluding hydrogens is 240 g/mol. The number of carbonyl (C=O) groups excluding carboxylic acids is 1. The molecular formula is C15H22N2O2. The van der Waals surface area contributed by atoms with Crippen molar-refractivity contribution in [1.82, 2.24) is 4.90 Å². The summed E-state index contributed by atoms with van der Waals surface area (Å²) in [6.07, 6.45) is 2.25. The Hall–Kier alpha value is -1.55. The first kappa shape index (κ1) is 13.9. The summed E-state index contributed by atoms with van der Waals surface area (Å²) in [6, 6.07) is 5.85. The number of aliphatic hydroxyl groups excluding tert-OH is 1. The fourth-order valence-electron chi connectivity index (χ4n) is 2.40. The molecule has 19 heavy (non-hydrogen) atoms. The molecule has 104 valence electrons. The van der Waals surface area contributed by atoms with Gasteiger partial charge in [0.1, 0.15) is 0 Å². The number of rotatable bonds is 4. The summed E-state index contributed by atoms with van der Waals surface area (Å²) in [7, 11) is 1.79. The summed E-state index contributed by atoms with van der Waals surface area (Å²) < 4.78 is 0. The first-order valence-electron chi connectivity index (χ1n) is 6.89. The number of amides is 1. The lowest BCUT2D eigenvalue weighted by Gasteiger charge is -2.24. The largest absolute Gasteiger partial charge is 0.393 e. The molecule has 0 bridgehead atoms. The summed E-state index contributed by atoms with van der Waals surface area (Å²) >= 11 is 0. The molecule has 1 aliphatic rings. The number of anilines is 1.